The van der Waals surface area contributed by atoms with Crippen molar-refractivity contribution >= 4 is 11.7 Å². The molecule has 1 aromatic heterocycles. The highest BCUT2D eigenvalue weighted by atomic mass is 16.5. The zero-order chi connectivity index (χ0) is 12.5. The number of nitrogens with zero attached hydrogens (tertiary/aromatic N) is 1. The van der Waals surface area contributed by atoms with E-state index in [9.17, 15) is 4.79 Å². The van der Waals surface area contributed by atoms with Gasteiger partial charge in [-0.2, -0.15) is 5.10 Å². The molecule has 1 aromatic carbocycles. The summed E-state index contributed by atoms with van der Waals surface area (Å²) in [5.74, 6) is 1.14. The zero-order valence-corrected chi connectivity index (χ0v) is 9.93. The third-order valence-electron chi connectivity index (χ3n) is 2.90. The number of amides is 1. The smallest absolute Gasteiger partial charge is 0.266 e. The molecule has 1 amide bonds. The van der Waals surface area contributed by atoms with Gasteiger partial charge in [0.1, 0.15) is 5.75 Å². The summed E-state index contributed by atoms with van der Waals surface area (Å²) in [7, 11) is 0. The van der Waals surface area contributed by atoms with Crippen LogP contribution in [-0.4, -0.2) is 22.2 Å². The van der Waals surface area contributed by atoms with E-state index in [-0.39, 0.29) is 5.91 Å². The molecule has 0 saturated heterocycles. The van der Waals surface area contributed by atoms with Crippen molar-refractivity contribution in [3.05, 3.63) is 41.6 Å². The zero-order valence-electron chi connectivity index (χ0n) is 9.93. The summed E-state index contributed by atoms with van der Waals surface area (Å²) in [5.41, 5.74) is 1.97. The second kappa shape index (κ2) is 4.18. The largest absolute Gasteiger partial charge is 0.480 e. The van der Waals surface area contributed by atoms with Crippen LogP contribution in [0.3, 0.4) is 0 Å². The Morgan fingerprint density at radius 2 is 2.33 bits per heavy atom. The quantitative estimate of drug-likeness (QED) is 0.843. The van der Waals surface area contributed by atoms with Crippen molar-refractivity contribution < 1.29 is 9.53 Å². The van der Waals surface area contributed by atoms with Crippen molar-refractivity contribution in [1.29, 1.82) is 0 Å². The van der Waals surface area contributed by atoms with Gasteiger partial charge in [0.25, 0.3) is 5.91 Å². The van der Waals surface area contributed by atoms with Gasteiger partial charge in [-0.05, 0) is 18.6 Å². The molecule has 1 unspecified atom stereocenters. The van der Waals surface area contributed by atoms with Crippen LogP contribution >= 0.6 is 0 Å². The summed E-state index contributed by atoms with van der Waals surface area (Å²) in [6, 6.07) is 9.47. The van der Waals surface area contributed by atoms with Gasteiger partial charge in [0, 0.05) is 18.2 Å². The lowest BCUT2D eigenvalue weighted by Gasteiger charge is -2.09. The summed E-state index contributed by atoms with van der Waals surface area (Å²) in [6.45, 7) is 1.88. The van der Waals surface area contributed by atoms with Gasteiger partial charge in [0.2, 0.25) is 0 Å². The van der Waals surface area contributed by atoms with E-state index < -0.39 is 6.10 Å². The number of hydrogen-bond donors (Lipinski definition) is 2. The van der Waals surface area contributed by atoms with E-state index in [1.54, 1.807) is 6.07 Å². The highest BCUT2D eigenvalue weighted by Crippen LogP contribution is 2.28. The number of aromatic nitrogens is 2. The van der Waals surface area contributed by atoms with E-state index in [0.29, 0.717) is 12.2 Å². The highest BCUT2D eigenvalue weighted by molar-refractivity contribution is 5.94. The normalized spacial score (nSPS) is 17.1. The van der Waals surface area contributed by atoms with Gasteiger partial charge < -0.3 is 10.1 Å². The molecule has 0 spiro atoms. The van der Waals surface area contributed by atoms with Crippen molar-refractivity contribution in [2.75, 3.05) is 5.32 Å². The number of aromatic amines is 1. The minimum atomic E-state index is -0.473. The Morgan fingerprint density at radius 3 is 3.06 bits per heavy atom. The predicted octanol–water partition coefficient (Wildman–Crippen LogP) is 1.66. The Morgan fingerprint density at radius 1 is 1.50 bits per heavy atom. The summed E-state index contributed by atoms with van der Waals surface area (Å²) in [5, 5.41) is 9.47. The Labute approximate surface area is 104 Å². The first-order valence-corrected chi connectivity index (χ1v) is 5.80. The molecule has 2 aromatic rings. The van der Waals surface area contributed by atoms with Crippen molar-refractivity contribution in [2.24, 2.45) is 0 Å². The molecular formula is C13H13N3O2. The van der Waals surface area contributed by atoms with Crippen LogP contribution in [0.1, 0.15) is 11.3 Å². The average Bonchev–Trinajstić information content (AvgIpc) is 2.95. The van der Waals surface area contributed by atoms with Crippen molar-refractivity contribution in [2.45, 2.75) is 19.4 Å². The topological polar surface area (TPSA) is 67.0 Å². The van der Waals surface area contributed by atoms with Gasteiger partial charge in [-0.15, -0.1) is 0 Å². The molecule has 2 heterocycles. The molecule has 5 heteroatoms. The van der Waals surface area contributed by atoms with Gasteiger partial charge in [-0.1, -0.05) is 18.2 Å². The molecule has 18 heavy (non-hydrogen) atoms. The number of carbonyl (C=O) groups is 1. The highest BCUT2D eigenvalue weighted by Gasteiger charge is 2.29. The van der Waals surface area contributed by atoms with E-state index >= 15 is 0 Å². The standard InChI is InChI=1S/C13H13N3O2/c1-8-6-12(16-15-8)14-13(17)11-7-9-4-2-3-5-10(9)18-11/h2-6,11H,7H2,1H3,(H2,14,15,16,17). The van der Waals surface area contributed by atoms with Gasteiger partial charge in [0.05, 0.1) is 0 Å². The van der Waals surface area contributed by atoms with Gasteiger partial charge in [-0.25, -0.2) is 0 Å². The number of rotatable bonds is 2. The lowest BCUT2D eigenvalue weighted by atomic mass is 10.1. The maximum Gasteiger partial charge on any atom is 0.266 e. The van der Waals surface area contributed by atoms with Gasteiger partial charge in [-0.3, -0.25) is 9.89 Å². The fourth-order valence-corrected chi connectivity index (χ4v) is 2.02. The maximum atomic E-state index is 12.0. The molecule has 0 fully saturated rings. The number of hydrogen-bond acceptors (Lipinski definition) is 3. The number of benzene rings is 1. The Balaban J connectivity index is 1.69. The molecule has 0 aliphatic carbocycles. The second-order valence-corrected chi connectivity index (χ2v) is 4.34. The van der Waals surface area contributed by atoms with Crippen molar-refractivity contribution in [3.63, 3.8) is 0 Å². The maximum absolute atomic E-state index is 12.0. The third kappa shape index (κ3) is 1.95. The number of carbonyl (C=O) groups excluding carboxylic acids is 1. The van der Waals surface area contributed by atoms with Crippen LogP contribution < -0.4 is 10.1 Å². The van der Waals surface area contributed by atoms with E-state index in [1.807, 2.05) is 31.2 Å². The molecule has 1 atom stereocenters. The van der Waals surface area contributed by atoms with Crippen LogP contribution in [0.2, 0.25) is 0 Å². The lowest BCUT2D eigenvalue weighted by molar-refractivity contribution is -0.122. The van der Waals surface area contributed by atoms with Crippen LogP contribution in [0.15, 0.2) is 30.3 Å². The average molecular weight is 243 g/mol. The van der Waals surface area contributed by atoms with Gasteiger partial charge >= 0.3 is 0 Å². The monoisotopic (exact) mass is 243 g/mol. The molecule has 1 aliphatic heterocycles. The summed E-state index contributed by atoms with van der Waals surface area (Å²) < 4.78 is 5.60. The van der Waals surface area contributed by atoms with Crippen LogP contribution in [0.25, 0.3) is 0 Å². The van der Waals surface area contributed by atoms with Crippen molar-refractivity contribution in [3.8, 4) is 5.75 Å². The molecular weight excluding hydrogens is 230 g/mol. The molecule has 0 radical (unpaired) electrons. The van der Waals surface area contributed by atoms with Gasteiger partial charge in [0.15, 0.2) is 11.9 Å². The van der Waals surface area contributed by atoms with Crippen LogP contribution in [0, 0.1) is 6.92 Å². The lowest BCUT2D eigenvalue weighted by Crippen LogP contribution is -2.31. The number of aryl methyl sites for hydroxylation is 1. The molecule has 0 bridgehead atoms. The third-order valence-corrected chi connectivity index (χ3v) is 2.90. The molecule has 92 valence electrons. The first-order valence-electron chi connectivity index (χ1n) is 5.80. The second-order valence-electron chi connectivity index (χ2n) is 4.34. The molecule has 0 saturated carbocycles. The fraction of sp³-hybridized carbons (Fsp3) is 0.231. The first-order chi connectivity index (χ1) is 8.72. The van der Waals surface area contributed by atoms with Crippen LogP contribution in [0.5, 0.6) is 5.75 Å². The molecule has 5 nitrogen and oxygen atoms in total. The Bertz CT molecular complexity index is 566. The van der Waals surface area contributed by atoms with E-state index in [1.165, 1.54) is 0 Å². The minimum Gasteiger partial charge on any atom is -0.480 e. The summed E-state index contributed by atoms with van der Waals surface area (Å²) in [6.07, 6.45) is 0.130. The first kappa shape index (κ1) is 10.8. The van der Waals surface area contributed by atoms with Crippen LogP contribution in [-0.2, 0) is 11.2 Å². The van der Waals surface area contributed by atoms with Crippen molar-refractivity contribution in [1.82, 2.24) is 10.2 Å². The number of para-hydroxylation sites is 1. The molecule has 3 rings (SSSR count). The number of ether oxygens (including phenoxy) is 1. The van der Waals surface area contributed by atoms with E-state index in [2.05, 4.69) is 15.5 Å². The number of H-pyrrole nitrogens is 1. The molecule has 1 aliphatic rings. The summed E-state index contributed by atoms with van der Waals surface area (Å²) >= 11 is 0. The van der Waals surface area contributed by atoms with E-state index in [4.69, 9.17) is 4.74 Å². The number of fused-ring (bicyclic) bond motifs is 1. The summed E-state index contributed by atoms with van der Waals surface area (Å²) in [4.78, 5) is 12.0. The molecule has 2 N–H and O–H groups in total. The van der Waals surface area contributed by atoms with E-state index in [0.717, 1.165) is 17.0 Å². The minimum absolute atomic E-state index is 0.169. The van der Waals surface area contributed by atoms with Crippen LogP contribution in [0.4, 0.5) is 5.82 Å². The SMILES string of the molecule is Cc1cc(NC(=O)C2Cc3ccccc3O2)n[nH]1. The Hall–Kier alpha value is -2.30. The Kier molecular flexibility index (Phi) is 2.51. The number of nitrogens with one attached hydrogen (secondary N) is 2. The predicted molar refractivity (Wildman–Crippen MR) is 66.5 cm³/mol. The number of anilines is 1. The fourth-order valence-electron chi connectivity index (χ4n) is 2.02.